The number of nitrogens with zero attached hydrogens (tertiary/aromatic N) is 2. The topological polar surface area (TPSA) is 146 Å². The van der Waals surface area contributed by atoms with Gasteiger partial charge in [0, 0.05) is 17.7 Å². The second-order valence-electron chi connectivity index (χ2n) is 5.83. The lowest BCUT2D eigenvalue weighted by Gasteiger charge is -2.28. The highest BCUT2D eigenvalue weighted by Gasteiger charge is 2.32. The number of hydrogen-bond donors (Lipinski definition) is 4. The summed E-state index contributed by atoms with van der Waals surface area (Å²) >= 11 is 0. The van der Waals surface area contributed by atoms with Crippen molar-refractivity contribution in [2.24, 2.45) is 10.9 Å². The van der Waals surface area contributed by atoms with Crippen molar-refractivity contribution in [3.8, 4) is 0 Å². The van der Waals surface area contributed by atoms with Crippen LogP contribution in [-0.2, 0) is 16.0 Å². The number of carbonyl (C=O) groups is 3. The van der Waals surface area contributed by atoms with E-state index in [9.17, 15) is 19.5 Å². The van der Waals surface area contributed by atoms with Gasteiger partial charge in [0.15, 0.2) is 6.04 Å². The molecule has 0 aliphatic rings. The Kier molecular flexibility index (Phi) is 7.54. The Morgan fingerprint density at radius 3 is 2.55 bits per heavy atom. The molecule has 2 rings (SSSR count). The number of aliphatic carboxylic acids is 1. The Labute approximate surface area is 166 Å². The van der Waals surface area contributed by atoms with Gasteiger partial charge in [0.1, 0.15) is 6.34 Å². The number of ether oxygens (including phenoxy) is 1. The molecule has 0 fully saturated rings. The molecule has 29 heavy (non-hydrogen) atoms. The van der Waals surface area contributed by atoms with Gasteiger partial charge >= 0.3 is 12.1 Å². The maximum atomic E-state index is 12.6. The first-order valence-electron chi connectivity index (χ1n) is 8.49. The van der Waals surface area contributed by atoms with Gasteiger partial charge in [-0.05, 0) is 23.8 Å². The van der Waals surface area contributed by atoms with Crippen LogP contribution in [-0.4, -0.2) is 47.6 Å². The number of carboxylic acids is 1. The molecule has 2 amide bonds. The lowest BCUT2D eigenvalue weighted by Crippen LogP contribution is -2.55. The Morgan fingerprint density at radius 1 is 1.21 bits per heavy atom. The summed E-state index contributed by atoms with van der Waals surface area (Å²) < 4.78 is 4.66. The summed E-state index contributed by atoms with van der Waals surface area (Å²) in [6.07, 6.45) is 0.198. The minimum absolute atomic E-state index is 0.0277. The van der Waals surface area contributed by atoms with Crippen LogP contribution < -0.4 is 16.6 Å². The zero-order valence-corrected chi connectivity index (χ0v) is 15.6. The minimum Gasteiger partial charge on any atom is -0.480 e. The Bertz CT molecular complexity index is 888. The molecule has 1 unspecified atom stereocenters. The molecule has 0 aliphatic carbocycles. The number of nitrogens with two attached hydrogens (primary N) is 1. The third kappa shape index (κ3) is 5.96. The zero-order valence-electron chi connectivity index (χ0n) is 15.6. The maximum absolute atomic E-state index is 12.6. The van der Waals surface area contributed by atoms with Crippen molar-refractivity contribution in [2.45, 2.75) is 12.5 Å². The van der Waals surface area contributed by atoms with E-state index in [1.54, 1.807) is 42.5 Å². The van der Waals surface area contributed by atoms with Crippen molar-refractivity contribution < 1.29 is 24.2 Å². The van der Waals surface area contributed by atoms with E-state index in [1.807, 2.05) is 0 Å². The van der Waals surface area contributed by atoms with Gasteiger partial charge in [-0.3, -0.25) is 10.2 Å². The van der Waals surface area contributed by atoms with Crippen molar-refractivity contribution in [3.05, 3.63) is 65.7 Å². The Balaban J connectivity index is 2.25. The van der Waals surface area contributed by atoms with Gasteiger partial charge in [0.05, 0.1) is 7.11 Å². The smallest absolute Gasteiger partial charge is 0.429 e. The van der Waals surface area contributed by atoms with Crippen molar-refractivity contribution >= 4 is 30.0 Å². The van der Waals surface area contributed by atoms with Crippen LogP contribution in [0.25, 0.3) is 0 Å². The highest BCUT2D eigenvalue weighted by Crippen LogP contribution is 2.13. The molecule has 0 aromatic heterocycles. The minimum atomic E-state index is -1.38. The van der Waals surface area contributed by atoms with Crippen LogP contribution in [0.1, 0.15) is 15.9 Å². The molecule has 5 N–H and O–H groups in total. The molecular formula is C19H21N5O5. The molecule has 0 heterocycles. The van der Waals surface area contributed by atoms with Gasteiger partial charge in [-0.15, -0.1) is 0 Å². The summed E-state index contributed by atoms with van der Waals surface area (Å²) in [4.78, 5) is 36.7. The molecule has 0 spiro atoms. The molecule has 1 atom stereocenters. The molecule has 10 heteroatoms. The monoisotopic (exact) mass is 399 g/mol. The first-order chi connectivity index (χ1) is 14.0. The van der Waals surface area contributed by atoms with Crippen LogP contribution in [0.4, 0.5) is 10.5 Å². The van der Waals surface area contributed by atoms with E-state index < -0.39 is 24.0 Å². The van der Waals surface area contributed by atoms with Crippen LogP contribution in [0, 0.1) is 0 Å². The van der Waals surface area contributed by atoms with E-state index in [4.69, 9.17) is 5.84 Å². The predicted octanol–water partition coefficient (Wildman–Crippen LogP) is 1.41. The highest BCUT2D eigenvalue weighted by atomic mass is 16.5. The van der Waals surface area contributed by atoms with Gasteiger partial charge in [-0.1, -0.05) is 36.4 Å². The molecule has 0 saturated heterocycles. The average Bonchev–Trinajstić information content (AvgIpc) is 2.74. The standard InChI is InChI=1S/C19H21N5O5/c1-29-19(28)24(16(18(26)27)10-13-6-3-2-4-7-13)23-17(25)14-8-5-9-15(11-14)21-12-22-20/h2-9,11-12,16H,10,20H2,1H3,(H,21,22)(H,23,25)(H,26,27). The summed E-state index contributed by atoms with van der Waals surface area (Å²) in [5.41, 5.74) is 3.70. The number of methoxy groups -OCH3 is 1. The summed E-state index contributed by atoms with van der Waals surface area (Å²) in [6, 6.07) is 13.6. The van der Waals surface area contributed by atoms with Gasteiger partial charge < -0.3 is 21.0 Å². The summed E-state index contributed by atoms with van der Waals surface area (Å²) in [6.45, 7) is 0. The molecule has 10 nitrogen and oxygen atoms in total. The number of nitrogens with one attached hydrogen (secondary N) is 2. The summed E-state index contributed by atoms with van der Waals surface area (Å²) in [5.74, 6) is 3.04. The predicted molar refractivity (Wildman–Crippen MR) is 106 cm³/mol. The van der Waals surface area contributed by atoms with Crippen LogP contribution >= 0.6 is 0 Å². The molecule has 2 aromatic carbocycles. The van der Waals surface area contributed by atoms with Crippen molar-refractivity contribution in [3.63, 3.8) is 0 Å². The summed E-state index contributed by atoms with van der Waals surface area (Å²) in [7, 11) is 1.10. The van der Waals surface area contributed by atoms with Crippen LogP contribution in [0.3, 0.4) is 0 Å². The lowest BCUT2D eigenvalue weighted by atomic mass is 10.1. The number of carboxylic acid groups (broad SMARTS) is 1. The molecule has 0 radical (unpaired) electrons. The third-order valence-electron chi connectivity index (χ3n) is 3.89. The molecule has 152 valence electrons. The molecule has 2 aromatic rings. The SMILES string of the molecule is COC(=O)N(NC(=O)c1cccc(NC=NN)c1)C(Cc1ccccc1)C(=O)O. The first-order valence-corrected chi connectivity index (χ1v) is 8.49. The van der Waals surface area contributed by atoms with E-state index >= 15 is 0 Å². The van der Waals surface area contributed by atoms with Crippen LogP contribution in [0.15, 0.2) is 59.7 Å². The fourth-order valence-corrected chi connectivity index (χ4v) is 2.51. The van der Waals surface area contributed by atoms with Gasteiger partial charge in [-0.25, -0.2) is 14.6 Å². The largest absolute Gasteiger partial charge is 0.480 e. The number of hydrazine groups is 1. The van der Waals surface area contributed by atoms with Crippen LogP contribution in [0.5, 0.6) is 0 Å². The van der Waals surface area contributed by atoms with Crippen molar-refractivity contribution in [2.75, 3.05) is 12.4 Å². The highest BCUT2D eigenvalue weighted by molar-refractivity contribution is 5.97. The number of amides is 2. The van der Waals surface area contributed by atoms with Crippen LogP contribution in [0.2, 0.25) is 0 Å². The normalized spacial score (nSPS) is 11.5. The van der Waals surface area contributed by atoms with E-state index in [-0.39, 0.29) is 12.0 Å². The fraction of sp³-hybridized carbons (Fsp3) is 0.158. The lowest BCUT2D eigenvalue weighted by molar-refractivity contribution is -0.143. The number of hydrazone groups is 1. The Hall–Kier alpha value is -4.08. The number of rotatable bonds is 7. The second kappa shape index (κ2) is 10.3. The molecule has 0 saturated carbocycles. The van der Waals surface area contributed by atoms with E-state index in [0.717, 1.165) is 7.11 Å². The molecule has 0 aliphatic heterocycles. The van der Waals surface area contributed by atoms with Crippen molar-refractivity contribution in [1.29, 1.82) is 0 Å². The van der Waals surface area contributed by atoms with E-state index in [0.29, 0.717) is 16.3 Å². The number of anilines is 1. The van der Waals surface area contributed by atoms with Gasteiger partial charge in [0.2, 0.25) is 0 Å². The van der Waals surface area contributed by atoms with E-state index in [2.05, 4.69) is 20.6 Å². The number of carbonyl (C=O) groups excluding carboxylic acids is 2. The number of benzene rings is 2. The maximum Gasteiger partial charge on any atom is 0.429 e. The molecule has 0 bridgehead atoms. The fourth-order valence-electron chi connectivity index (χ4n) is 2.51. The number of hydrogen-bond acceptors (Lipinski definition) is 6. The second-order valence-corrected chi connectivity index (χ2v) is 5.83. The average molecular weight is 399 g/mol. The molecular weight excluding hydrogens is 378 g/mol. The van der Waals surface area contributed by atoms with E-state index in [1.165, 1.54) is 18.5 Å². The van der Waals surface area contributed by atoms with Crippen molar-refractivity contribution in [1.82, 2.24) is 10.4 Å². The Morgan fingerprint density at radius 2 is 1.93 bits per heavy atom. The van der Waals surface area contributed by atoms with Gasteiger partial charge in [0.25, 0.3) is 5.91 Å². The summed E-state index contributed by atoms with van der Waals surface area (Å²) in [5, 5.41) is 16.4. The zero-order chi connectivity index (χ0) is 21.2. The first kappa shape index (κ1) is 21.2. The third-order valence-corrected chi connectivity index (χ3v) is 3.89. The quantitative estimate of drug-likeness (QED) is 0.238. The van der Waals surface area contributed by atoms with Gasteiger partial charge in [-0.2, -0.15) is 5.10 Å².